The molecule has 6 fully saturated rings. The van der Waals surface area contributed by atoms with Gasteiger partial charge in [0.1, 0.15) is 0 Å². The van der Waals surface area contributed by atoms with Gasteiger partial charge in [-0.2, -0.15) is 11.5 Å². The molecule has 0 aromatic heterocycles. The SMILES string of the molecule is CC1C(B(Cl)C2CC3CC(C2C)C3(C)C)CC2CC1C2(C)C. The van der Waals surface area contributed by atoms with Gasteiger partial charge in [-0.05, 0) is 70.8 Å². The van der Waals surface area contributed by atoms with Crippen LogP contribution < -0.4 is 0 Å². The van der Waals surface area contributed by atoms with Crippen molar-refractivity contribution < 1.29 is 0 Å². The van der Waals surface area contributed by atoms with Crippen LogP contribution in [0.5, 0.6) is 0 Å². The standard InChI is InChI=1S/C20H34BCl/c1-11-15-7-13(19(15,3)4)9-17(11)21(22)18-10-14-8-16(12(18)2)20(14,5)6/h11-18H,7-10H2,1-6H3. The smallest absolute Gasteiger partial charge is 0.195 e. The summed E-state index contributed by atoms with van der Waals surface area (Å²) in [7, 11) is 0. The Balaban J connectivity index is 1.49. The number of halogens is 1. The topological polar surface area (TPSA) is 0 Å². The van der Waals surface area contributed by atoms with E-state index in [-0.39, 0.29) is 0 Å². The molecular weight excluding hydrogens is 286 g/mol. The fraction of sp³-hybridized carbons (Fsp3) is 1.00. The zero-order valence-electron chi connectivity index (χ0n) is 15.4. The molecule has 0 saturated heterocycles. The normalized spacial score (nSPS) is 54.1. The van der Waals surface area contributed by atoms with E-state index in [1.807, 2.05) is 0 Å². The summed E-state index contributed by atoms with van der Waals surface area (Å²) in [6, 6.07) is 0. The van der Waals surface area contributed by atoms with E-state index in [0.717, 1.165) is 47.1 Å². The lowest BCUT2D eigenvalue weighted by molar-refractivity contribution is -0.106. The Hall–Kier alpha value is 0.355. The predicted octanol–water partition coefficient (Wildman–Crippen LogP) is 6.36. The van der Waals surface area contributed by atoms with E-state index in [1.165, 1.54) is 25.7 Å². The minimum Gasteiger partial charge on any atom is -0.195 e. The third kappa shape index (κ3) is 1.84. The van der Waals surface area contributed by atoms with Crippen molar-refractivity contribution in [2.45, 2.75) is 78.9 Å². The molecule has 6 rings (SSSR count). The lowest BCUT2D eigenvalue weighted by atomic mass is 9.30. The minimum absolute atomic E-state index is 0.438. The Kier molecular flexibility index (Phi) is 3.39. The van der Waals surface area contributed by atoms with Crippen LogP contribution in [0.15, 0.2) is 0 Å². The van der Waals surface area contributed by atoms with Crippen molar-refractivity contribution in [2.75, 3.05) is 0 Å². The van der Waals surface area contributed by atoms with Crippen LogP contribution in [0.4, 0.5) is 0 Å². The average molecular weight is 321 g/mol. The zero-order valence-corrected chi connectivity index (χ0v) is 16.2. The molecule has 0 aromatic carbocycles. The van der Waals surface area contributed by atoms with Gasteiger partial charge >= 0.3 is 0 Å². The fourth-order valence-electron chi connectivity index (χ4n) is 7.54. The molecule has 0 N–H and O–H groups in total. The van der Waals surface area contributed by atoms with Gasteiger partial charge in [-0.15, -0.1) is 0 Å². The molecule has 124 valence electrons. The molecule has 4 bridgehead atoms. The van der Waals surface area contributed by atoms with Crippen LogP contribution >= 0.6 is 11.5 Å². The molecule has 0 spiro atoms. The van der Waals surface area contributed by atoms with Gasteiger partial charge in [0.25, 0.3) is 6.13 Å². The molecule has 8 unspecified atom stereocenters. The predicted molar refractivity (Wildman–Crippen MR) is 97.4 cm³/mol. The number of hydrogen-bond donors (Lipinski definition) is 0. The van der Waals surface area contributed by atoms with Gasteiger partial charge in [0.15, 0.2) is 0 Å². The summed E-state index contributed by atoms with van der Waals surface area (Å²) in [6.07, 6.45) is 6.20. The van der Waals surface area contributed by atoms with Gasteiger partial charge in [-0.25, -0.2) is 0 Å². The zero-order chi connectivity index (χ0) is 16.0. The van der Waals surface area contributed by atoms with Crippen LogP contribution in [0.1, 0.15) is 67.2 Å². The van der Waals surface area contributed by atoms with Gasteiger partial charge in [0, 0.05) is 0 Å². The summed E-state index contributed by atoms with van der Waals surface area (Å²) >= 11 is 7.19. The highest BCUT2D eigenvalue weighted by atomic mass is 35.5. The van der Waals surface area contributed by atoms with Crippen molar-refractivity contribution in [1.29, 1.82) is 0 Å². The first-order valence-corrected chi connectivity index (χ1v) is 10.2. The van der Waals surface area contributed by atoms with E-state index in [4.69, 9.17) is 11.5 Å². The van der Waals surface area contributed by atoms with Crippen LogP contribution in [-0.2, 0) is 0 Å². The third-order valence-electron chi connectivity index (χ3n) is 9.64. The van der Waals surface area contributed by atoms with Crippen LogP contribution in [-0.4, -0.2) is 6.13 Å². The first kappa shape index (κ1) is 15.9. The van der Waals surface area contributed by atoms with Crippen molar-refractivity contribution in [2.24, 2.45) is 46.3 Å². The Morgan fingerprint density at radius 2 is 1.09 bits per heavy atom. The van der Waals surface area contributed by atoms with E-state index < -0.39 is 0 Å². The third-order valence-corrected chi connectivity index (χ3v) is 10.3. The quantitative estimate of drug-likeness (QED) is 0.519. The maximum Gasteiger partial charge on any atom is 0.257 e. The molecule has 0 amide bonds. The molecule has 6 aliphatic rings. The lowest BCUT2D eigenvalue weighted by Crippen LogP contribution is -2.58. The van der Waals surface area contributed by atoms with E-state index >= 15 is 0 Å². The minimum atomic E-state index is 0.438. The van der Waals surface area contributed by atoms with Crippen LogP contribution in [0.2, 0.25) is 11.6 Å². The van der Waals surface area contributed by atoms with Crippen LogP contribution in [0.25, 0.3) is 0 Å². The monoisotopic (exact) mass is 320 g/mol. The highest BCUT2D eigenvalue weighted by Crippen LogP contribution is 2.69. The number of hydrogen-bond acceptors (Lipinski definition) is 0. The van der Waals surface area contributed by atoms with E-state index in [9.17, 15) is 0 Å². The summed E-state index contributed by atoms with van der Waals surface area (Å²) < 4.78 is 0. The summed E-state index contributed by atoms with van der Waals surface area (Å²) in [6.45, 7) is 15.0. The molecule has 0 aliphatic heterocycles. The number of fused-ring (bicyclic) bond motifs is 4. The molecule has 0 radical (unpaired) electrons. The fourth-order valence-corrected chi connectivity index (χ4v) is 8.20. The molecule has 6 saturated carbocycles. The van der Waals surface area contributed by atoms with Gasteiger partial charge in [-0.3, -0.25) is 0 Å². The Morgan fingerprint density at radius 3 is 1.36 bits per heavy atom. The first-order chi connectivity index (χ1) is 10.2. The lowest BCUT2D eigenvalue weighted by Gasteiger charge is -2.65. The largest absolute Gasteiger partial charge is 0.257 e. The Labute approximate surface area is 143 Å². The van der Waals surface area contributed by atoms with Crippen molar-refractivity contribution in [3.05, 3.63) is 0 Å². The molecule has 2 heteroatoms. The van der Waals surface area contributed by atoms with Crippen molar-refractivity contribution in [1.82, 2.24) is 0 Å². The molecule has 22 heavy (non-hydrogen) atoms. The van der Waals surface area contributed by atoms with E-state index in [0.29, 0.717) is 17.0 Å². The molecule has 0 heterocycles. The molecule has 6 aliphatic carbocycles. The molecule has 0 aromatic rings. The van der Waals surface area contributed by atoms with Crippen molar-refractivity contribution in [3.8, 4) is 0 Å². The second-order valence-corrected chi connectivity index (χ2v) is 11.2. The van der Waals surface area contributed by atoms with Crippen molar-refractivity contribution >= 4 is 17.6 Å². The Bertz CT molecular complexity index is 428. The highest BCUT2D eigenvalue weighted by Gasteiger charge is 2.62. The van der Waals surface area contributed by atoms with Gasteiger partial charge in [0.2, 0.25) is 0 Å². The number of rotatable bonds is 2. The van der Waals surface area contributed by atoms with Crippen LogP contribution in [0.3, 0.4) is 0 Å². The van der Waals surface area contributed by atoms with Gasteiger partial charge in [0.05, 0.1) is 0 Å². The molecular formula is C20H34BCl. The van der Waals surface area contributed by atoms with E-state index in [1.54, 1.807) is 0 Å². The second-order valence-electron chi connectivity index (χ2n) is 10.7. The van der Waals surface area contributed by atoms with Crippen molar-refractivity contribution in [3.63, 3.8) is 0 Å². The first-order valence-electron chi connectivity index (χ1n) is 9.79. The molecule has 0 nitrogen and oxygen atoms in total. The summed E-state index contributed by atoms with van der Waals surface area (Å²) in [5.41, 5.74) is 1.18. The molecule has 8 atom stereocenters. The summed E-state index contributed by atoms with van der Waals surface area (Å²) in [4.78, 5) is 0. The second kappa shape index (κ2) is 4.71. The van der Waals surface area contributed by atoms with E-state index in [2.05, 4.69) is 41.5 Å². The summed E-state index contributed by atoms with van der Waals surface area (Å²) in [5.74, 6) is 7.00. The Morgan fingerprint density at radius 1 is 0.727 bits per heavy atom. The highest BCUT2D eigenvalue weighted by molar-refractivity contribution is 7.08. The van der Waals surface area contributed by atoms with Gasteiger partial charge in [-0.1, -0.05) is 54.4 Å². The summed E-state index contributed by atoms with van der Waals surface area (Å²) in [5, 5.41) is 0. The maximum absolute atomic E-state index is 7.19. The maximum atomic E-state index is 7.19. The van der Waals surface area contributed by atoms with Gasteiger partial charge < -0.3 is 0 Å². The average Bonchev–Trinajstić information content (AvgIpc) is 2.45. The van der Waals surface area contributed by atoms with Crippen LogP contribution in [0, 0.1) is 46.3 Å².